The van der Waals surface area contributed by atoms with Gasteiger partial charge in [0, 0.05) is 37.2 Å². The summed E-state index contributed by atoms with van der Waals surface area (Å²) in [6.07, 6.45) is 2.52. The van der Waals surface area contributed by atoms with Gasteiger partial charge in [-0.25, -0.2) is 4.39 Å². The van der Waals surface area contributed by atoms with E-state index in [0.717, 1.165) is 51.1 Å². The lowest BCUT2D eigenvalue weighted by Gasteiger charge is -2.22. The van der Waals surface area contributed by atoms with Gasteiger partial charge in [0.05, 0.1) is 0 Å². The second-order valence-electron chi connectivity index (χ2n) is 7.93. The molecule has 1 saturated heterocycles. The van der Waals surface area contributed by atoms with Crippen LogP contribution < -0.4 is 0 Å². The van der Waals surface area contributed by atoms with Gasteiger partial charge >= 0.3 is 0 Å². The zero-order valence-electron chi connectivity index (χ0n) is 17.8. The van der Waals surface area contributed by atoms with Crippen LogP contribution in [0.25, 0.3) is 11.4 Å². The molecular weight excluding hydrogens is 395 g/mol. The average Bonchev–Trinajstić information content (AvgIpc) is 3.13. The van der Waals surface area contributed by atoms with Crippen molar-refractivity contribution in [2.45, 2.75) is 26.2 Å². The maximum Gasteiger partial charge on any atom is 0.253 e. The molecule has 0 atom stereocenters. The minimum Gasteiger partial charge on any atom is -0.339 e. The number of halogens is 1. The van der Waals surface area contributed by atoms with Crippen LogP contribution in [-0.2, 0) is 6.42 Å². The Morgan fingerprint density at radius 2 is 1.94 bits per heavy atom. The summed E-state index contributed by atoms with van der Waals surface area (Å²) >= 11 is 0. The Labute approximate surface area is 181 Å². The molecule has 0 radical (unpaired) electrons. The highest BCUT2D eigenvalue weighted by Crippen LogP contribution is 2.19. The number of hydrogen-bond acceptors (Lipinski definition) is 5. The van der Waals surface area contributed by atoms with Crippen molar-refractivity contribution in [1.29, 1.82) is 0 Å². The van der Waals surface area contributed by atoms with Crippen molar-refractivity contribution in [3.63, 3.8) is 0 Å². The first-order valence-electron chi connectivity index (χ1n) is 10.8. The SMILES string of the molecule is Cc1ccc(-c2noc(CCCN3CCCN(C(=O)c4ccccc4)CC3)n2)cc1F. The Hall–Kier alpha value is -3.06. The molecule has 1 amide bonds. The highest BCUT2D eigenvalue weighted by molar-refractivity contribution is 5.94. The van der Waals surface area contributed by atoms with E-state index in [1.54, 1.807) is 19.1 Å². The summed E-state index contributed by atoms with van der Waals surface area (Å²) in [5.41, 5.74) is 1.96. The van der Waals surface area contributed by atoms with Crippen LogP contribution in [0.2, 0.25) is 0 Å². The van der Waals surface area contributed by atoms with Crippen molar-refractivity contribution in [1.82, 2.24) is 19.9 Å². The van der Waals surface area contributed by atoms with Crippen LogP contribution in [0, 0.1) is 12.7 Å². The molecule has 2 aromatic carbocycles. The van der Waals surface area contributed by atoms with E-state index < -0.39 is 0 Å². The summed E-state index contributed by atoms with van der Waals surface area (Å²) in [4.78, 5) is 21.4. The molecule has 0 saturated carbocycles. The predicted molar refractivity (Wildman–Crippen MR) is 116 cm³/mol. The third-order valence-electron chi connectivity index (χ3n) is 5.66. The van der Waals surface area contributed by atoms with Crippen LogP contribution in [0.5, 0.6) is 0 Å². The summed E-state index contributed by atoms with van der Waals surface area (Å²) in [5.74, 6) is 0.809. The summed E-state index contributed by atoms with van der Waals surface area (Å²) in [6, 6.07) is 14.4. The first-order valence-corrected chi connectivity index (χ1v) is 10.8. The van der Waals surface area contributed by atoms with Gasteiger partial charge in [0.2, 0.25) is 11.7 Å². The van der Waals surface area contributed by atoms with Gasteiger partial charge in [-0.1, -0.05) is 35.5 Å². The molecule has 0 bridgehead atoms. The van der Waals surface area contributed by atoms with Gasteiger partial charge in [-0.3, -0.25) is 4.79 Å². The molecule has 1 fully saturated rings. The maximum absolute atomic E-state index is 13.8. The van der Waals surface area contributed by atoms with Gasteiger partial charge in [-0.05, 0) is 56.6 Å². The zero-order valence-corrected chi connectivity index (χ0v) is 17.8. The fourth-order valence-electron chi connectivity index (χ4n) is 3.82. The first-order chi connectivity index (χ1) is 15.1. The van der Waals surface area contributed by atoms with E-state index >= 15 is 0 Å². The number of amides is 1. The first kappa shape index (κ1) is 21.2. The quantitative estimate of drug-likeness (QED) is 0.602. The molecule has 1 aliphatic heterocycles. The van der Waals surface area contributed by atoms with Gasteiger partial charge in [0.1, 0.15) is 5.82 Å². The van der Waals surface area contributed by atoms with Gasteiger partial charge < -0.3 is 14.3 Å². The highest BCUT2D eigenvalue weighted by Gasteiger charge is 2.20. The largest absolute Gasteiger partial charge is 0.339 e. The van der Waals surface area contributed by atoms with Crippen LogP contribution in [0.3, 0.4) is 0 Å². The van der Waals surface area contributed by atoms with E-state index in [9.17, 15) is 9.18 Å². The van der Waals surface area contributed by atoms with Gasteiger partial charge in [0.15, 0.2) is 0 Å². The van der Waals surface area contributed by atoms with Crippen molar-refractivity contribution in [2.75, 3.05) is 32.7 Å². The lowest BCUT2D eigenvalue weighted by atomic mass is 10.1. The Kier molecular flexibility index (Phi) is 6.72. The number of nitrogens with zero attached hydrogens (tertiary/aromatic N) is 4. The predicted octanol–water partition coefficient (Wildman–Crippen LogP) is 3.96. The summed E-state index contributed by atoms with van der Waals surface area (Å²) in [5, 5.41) is 3.99. The van der Waals surface area contributed by atoms with Crippen molar-refractivity contribution in [2.24, 2.45) is 0 Å². The molecule has 3 aromatic rings. The molecule has 162 valence electrons. The molecule has 0 unspecified atom stereocenters. The Morgan fingerprint density at radius 1 is 1.10 bits per heavy atom. The molecule has 6 nitrogen and oxygen atoms in total. The standard InChI is InChI=1S/C24H27FN4O2/c1-18-10-11-20(17-21(18)25)23-26-22(31-27-23)9-5-12-28-13-6-14-29(16-15-28)24(30)19-7-3-2-4-8-19/h2-4,7-8,10-11,17H,5-6,9,12-16H2,1H3. The second-order valence-corrected chi connectivity index (χ2v) is 7.93. The molecule has 1 aromatic heterocycles. The second kappa shape index (κ2) is 9.83. The number of carbonyl (C=O) groups is 1. The smallest absolute Gasteiger partial charge is 0.253 e. The Bertz CT molecular complexity index is 1020. The molecule has 1 aliphatic rings. The van der Waals surface area contributed by atoms with E-state index in [2.05, 4.69) is 15.0 Å². The maximum atomic E-state index is 13.8. The van der Waals surface area contributed by atoms with E-state index in [-0.39, 0.29) is 11.7 Å². The third kappa shape index (κ3) is 5.35. The molecule has 0 N–H and O–H groups in total. The molecule has 0 spiro atoms. The number of aromatic nitrogens is 2. The highest BCUT2D eigenvalue weighted by atomic mass is 19.1. The van der Waals surface area contributed by atoms with Crippen molar-refractivity contribution >= 4 is 5.91 Å². The summed E-state index contributed by atoms with van der Waals surface area (Å²) in [6.45, 7) is 5.97. The van der Waals surface area contributed by atoms with E-state index in [1.807, 2.05) is 35.2 Å². The average molecular weight is 423 g/mol. The number of hydrogen-bond donors (Lipinski definition) is 0. The third-order valence-corrected chi connectivity index (χ3v) is 5.66. The fraction of sp³-hybridized carbons (Fsp3) is 0.375. The van der Waals surface area contributed by atoms with Crippen LogP contribution in [0.1, 0.15) is 34.7 Å². The number of rotatable bonds is 6. The van der Waals surface area contributed by atoms with E-state index in [0.29, 0.717) is 29.3 Å². The van der Waals surface area contributed by atoms with Crippen molar-refractivity contribution in [3.8, 4) is 11.4 Å². The van der Waals surface area contributed by atoms with Crippen molar-refractivity contribution in [3.05, 3.63) is 71.4 Å². The fourth-order valence-corrected chi connectivity index (χ4v) is 3.82. The van der Waals surface area contributed by atoms with Gasteiger partial charge in [0.25, 0.3) is 5.91 Å². The lowest BCUT2D eigenvalue weighted by molar-refractivity contribution is 0.0761. The number of benzene rings is 2. The Balaban J connectivity index is 1.25. The molecule has 31 heavy (non-hydrogen) atoms. The van der Waals surface area contributed by atoms with Crippen LogP contribution >= 0.6 is 0 Å². The van der Waals surface area contributed by atoms with E-state index in [1.165, 1.54) is 6.07 Å². The van der Waals surface area contributed by atoms with Crippen LogP contribution in [0.15, 0.2) is 53.1 Å². The van der Waals surface area contributed by atoms with Crippen LogP contribution in [-0.4, -0.2) is 58.6 Å². The molecule has 4 rings (SSSR count). The number of aryl methyl sites for hydroxylation is 2. The van der Waals surface area contributed by atoms with Gasteiger partial charge in [-0.15, -0.1) is 0 Å². The van der Waals surface area contributed by atoms with E-state index in [4.69, 9.17) is 4.52 Å². The minimum absolute atomic E-state index is 0.105. The molecule has 7 heteroatoms. The summed E-state index contributed by atoms with van der Waals surface area (Å²) in [7, 11) is 0. The molecule has 0 aliphatic carbocycles. The number of carbonyl (C=O) groups excluding carboxylic acids is 1. The normalized spacial score (nSPS) is 15.1. The summed E-state index contributed by atoms with van der Waals surface area (Å²) < 4.78 is 19.1. The zero-order chi connectivity index (χ0) is 21.6. The molecule has 2 heterocycles. The van der Waals surface area contributed by atoms with Gasteiger partial charge in [-0.2, -0.15) is 4.98 Å². The molecular formula is C24H27FN4O2. The Morgan fingerprint density at radius 3 is 2.74 bits per heavy atom. The van der Waals surface area contributed by atoms with Crippen LogP contribution in [0.4, 0.5) is 4.39 Å². The monoisotopic (exact) mass is 422 g/mol. The lowest BCUT2D eigenvalue weighted by Crippen LogP contribution is -2.35. The minimum atomic E-state index is -0.273. The van der Waals surface area contributed by atoms with Crippen molar-refractivity contribution < 1.29 is 13.7 Å². The topological polar surface area (TPSA) is 62.5 Å².